The number of amides is 3. The maximum atomic E-state index is 13.1. The number of carbonyl (C=O) groups excluding carboxylic acids is 3. The Kier molecular flexibility index (Phi) is 8.53. The van der Waals surface area contributed by atoms with Gasteiger partial charge >= 0.3 is 12.0 Å². The average Bonchev–Trinajstić information content (AvgIpc) is 3.31. The minimum Gasteiger partial charge on any atom is -0.456 e. The van der Waals surface area contributed by atoms with Crippen molar-refractivity contribution in [2.75, 3.05) is 17.3 Å². The molecule has 9 heteroatoms. The normalized spacial score (nSPS) is 19.0. The number of para-hydroxylation sites is 2. The van der Waals surface area contributed by atoms with Crippen LogP contribution in [0.25, 0.3) is 0 Å². The van der Waals surface area contributed by atoms with E-state index in [1.807, 2.05) is 33.7 Å². The first-order valence-corrected chi connectivity index (χ1v) is 13.8. The van der Waals surface area contributed by atoms with Gasteiger partial charge in [-0.25, -0.2) is 4.79 Å². The highest BCUT2D eigenvalue weighted by atomic mass is 33.1. The number of carbonyl (C=O) groups is 3. The molecule has 2 aliphatic heterocycles. The Labute approximate surface area is 207 Å². The number of esters is 1. The van der Waals surface area contributed by atoms with Gasteiger partial charge in [0.2, 0.25) is 0 Å². The molecule has 0 bridgehead atoms. The number of nitrogens with one attached hydrogen (secondary N) is 1. The second-order valence-electron chi connectivity index (χ2n) is 8.33. The van der Waals surface area contributed by atoms with E-state index in [2.05, 4.69) is 5.32 Å². The number of aliphatic hydroxyl groups is 1. The average molecular weight is 501 g/mol. The number of imide groups is 1. The van der Waals surface area contributed by atoms with Gasteiger partial charge < -0.3 is 9.84 Å². The predicted octanol–water partition coefficient (Wildman–Crippen LogP) is 4.91. The van der Waals surface area contributed by atoms with Crippen molar-refractivity contribution in [3.05, 3.63) is 59.7 Å². The molecule has 2 N–H and O–H groups in total. The van der Waals surface area contributed by atoms with E-state index in [0.29, 0.717) is 28.6 Å². The third-order valence-electron chi connectivity index (χ3n) is 5.88. The van der Waals surface area contributed by atoms with Crippen LogP contribution in [0.2, 0.25) is 0 Å². The summed E-state index contributed by atoms with van der Waals surface area (Å²) in [4.78, 5) is 38.9. The minimum absolute atomic E-state index is 0.260. The molecule has 2 aromatic carbocycles. The summed E-state index contributed by atoms with van der Waals surface area (Å²) in [6.45, 7) is -0.514. The monoisotopic (exact) mass is 500 g/mol. The highest BCUT2D eigenvalue weighted by Crippen LogP contribution is 2.40. The Balaban J connectivity index is 1.32. The summed E-state index contributed by atoms with van der Waals surface area (Å²) >= 11 is 0. The molecule has 2 unspecified atom stereocenters. The van der Waals surface area contributed by atoms with Crippen molar-refractivity contribution in [2.24, 2.45) is 0 Å². The van der Waals surface area contributed by atoms with Crippen LogP contribution in [0, 0.1) is 0 Å². The van der Waals surface area contributed by atoms with Crippen LogP contribution in [0.5, 0.6) is 0 Å². The van der Waals surface area contributed by atoms with E-state index in [9.17, 15) is 19.5 Å². The molecular formula is C25H28N2O5S2. The van der Waals surface area contributed by atoms with Crippen molar-refractivity contribution in [1.82, 2.24) is 5.32 Å². The van der Waals surface area contributed by atoms with Gasteiger partial charge in [0.1, 0.15) is 0 Å². The van der Waals surface area contributed by atoms with E-state index >= 15 is 0 Å². The van der Waals surface area contributed by atoms with Gasteiger partial charge in [-0.05, 0) is 37.0 Å². The molecule has 0 aromatic heterocycles. The number of hydrogen-bond donors (Lipinski definition) is 2. The van der Waals surface area contributed by atoms with Gasteiger partial charge in [-0.3, -0.25) is 19.8 Å². The Morgan fingerprint density at radius 3 is 2.62 bits per heavy atom. The molecule has 2 atom stereocenters. The molecular weight excluding hydrogens is 472 g/mol. The molecule has 3 amide bonds. The third kappa shape index (κ3) is 6.14. The number of nitrogens with zero attached hydrogens (tertiary/aromatic N) is 1. The van der Waals surface area contributed by atoms with E-state index < -0.39 is 30.6 Å². The largest absolute Gasteiger partial charge is 0.456 e. The fraction of sp³-hybridized carbons (Fsp3) is 0.400. The van der Waals surface area contributed by atoms with Crippen LogP contribution in [0.15, 0.2) is 48.5 Å². The fourth-order valence-electron chi connectivity index (χ4n) is 4.18. The number of unbranched alkanes of at least 4 members (excludes halogenated alkanes) is 1. The smallest absolute Gasteiger partial charge is 0.333 e. The summed E-state index contributed by atoms with van der Waals surface area (Å²) < 4.78 is 5.07. The number of aliphatic hydroxyl groups excluding tert-OH is 1. The zero-order valence-electron chi connectivity index (χ0n) is 18.8. The SMILES string of the molecule is O=C(COC(=O)CCCCC1CCSS1)NC(=O)N1c2ccccc2CC(O)c2ccccc21. The summed E-state index contributed by atoms with van der Waals surface area (Å²) in [6, 6.07) is 13.7. The molecule has 1 saturated heterocycles. The lowest BCUT2D eigenvalue weighted by molar-refractivity contribution is -0.148. The lowest BCUT2D eigenvalue weighted by atomic mass is 10.0. The van der Waals surface area contributed by atoms with E-state index in [4.69, 9.17) is 4.74 Å². The Morgan fingerprint density at radius 1 is 1.06 bits per heavy atom. The van der Waals surface area contributed by atoms with Crippen LogP contribution >= 0.6 is 21.6 Å². The highest BCUT2D eigenvalue weighted by molar-refractivity contribution is 8.77. The Morgan fingerprint density at radius 2 is 1.82 bits per heavy atom. The predicted molar refractivity (Wildman–Crippen MR) is 135 cm³/mol. The number of urea groups is 1. The minimum atomic E-state index is -0.780. The summed E-state index contributed by atoms with van der Waals surface area (Å²) in [6.07, 6.45) is 3.82. The van der Waals surface area contributed by atoms with Crippen LogP contribution < -0.4 is 10.2 Å². The topological polar surface area (TPSA) is 95.9 Å². The van der Waals surface area contributed by atoms with Crippen LogP contribution in [0.4, 0.5) is 16.2 Å². The van der Waals surface area contributed by atoms with Crippen molar-refractivity contribution >= 4 is 50.9 Å². The van der Waals surface area contributed by atoms with E-state index in [-0.39, 0.29) is 6.42 Å². The van der Waals surface area contributed by atoms with Gasteiger partial charge in [0.05, 0.1) is 17.5 Å². The molecule has 34 heavy (non-hydrogen) atoms. The van der Waals surface area contributed by atoms with E-state index in [1.165, 1.54) is 17.1 Å². The molecule has 2 aromatic rings. The first-order valence-electron chi connectivity index (χ1n) is 11.5. The van der Waals surface area contributed by atoms with Crippen LogP contribution in [0.1, 0.15) is 49.3 Å². The molecule has 0 saturated carbocycles. The number of anilines is 2. The molecule has 180 valence electrons. The first kappa shape index (κ1) is 24.6. The molecule has 0 aliphatic carbocycles. The van der Waals surface area contributed by atoms with Crippen molar-refractivity contribution in [2.45, 2.75) is 49.9 Å². The summed E-state index contributed by atoms with van der Waals surface area (Å²) in [5.41, 5.74) is 2.48. The molecule has 0 spiro atoms. The summed E-state index contributed by atoms with van der Waals surface area (Å²) in [5, 5.41) is 13.7. The van der Waals surface area contributed by atoms with Crippen molar-refractivity contribution < 1.29 is 24.2 Å². The fourth-order valence-corrected chi connectivity index (χ4v) is 7.20. The lowest BCUT2D eigenvalue weighted by Gasteiger charge is -2.24. The maximum Gasteiger partial charge on any atom is 0.333 e. The standard InChI is InChI=1S/C25H28N2O5S2/c28-22-15-17-7-1-4-10-20(17)27(21-11-5-3-9-19(21)22)25(31)26-23(29)16-32-24(30)12-6-2-8-18-13-14-33-34-18/h1,3-5,7,9-11,18,22,28H,2,6,8,12-16H2,(H,26,29,31). The first-order chi connectivity index (χ1) is 16.5. The Bertz CT molecular complexity index is 1040. The van der Waals surface area contributed by atoms with Gasteiger partial charge in [0.25, 0.3) is 5.91 Å². The summed E-state index contributed by atoms with van der Waals surface area (Å²) in [7, 11) is 3.83. The highest BCUT2D eigenvalue weighted by Gasteiger charge is 2.30. The summed E-state index contributed by atoms with van der Waals surface area (Å²) in [5.74, 6) is 0.0579. The lowest BCUT2D eigenvalue weighted by Crippen LogP contribution is -2.42. The molecule has 2 heterocycles. The van der Waals surface area contributed by atoms with Crippen molar-refractivity contribution in [1.29, 1.82) is 0 Å². The second-order valence-corrected chi connectivity index (χ2v) is 11.1. The number of hydrogen-bond acceptors (Lipinski definition) is 7. The van der Waals surface area contributed by atoms with Gasteiger partial charge in [0.15, 0.2) is 6.61 Å². The Hall–Kier alpha value is -2.49. The zero-order valence-corrected chi connectivity index (χ0v) is 20.4. The third-order valence-corrected chi connectivity index (χ3v) is 8.89. The molecule has 2 aliphatic rings. The molecule has 7 nitrogen and oxygen atoms in total. The van der Waals surface area contributed by atoms with Crippen LogP contribution in [0.3, 0.4) is 0 Å². The quantitative estimate of drug-likeness (QED) is 0.317. The second kappa shape index (κ2) is 11.8. The van der Waals surface area contributed by atoms with E-state index in [1.54, 1.807) is 36.4 Å². The maximum absolute atomic E-state index is 13.1. The molecule has 4 rings (SSSR count). The number of rotatable bonds is 7. The number of benzene rings is 2. The molecule has 0 radical (unpaired) electrons. The zero-order chi connectivity index (χ0) is 23.9. The van der Waals surface area contributed by atoms with Gasteiger partial charge in [-0.2, -0.15) is 0 Å². The molecule has 1 fully saturated rings. The van der Waals surface area contributed by atoms with Crippen LogP contribution in [-0.4, -0.2) is 40.6 Å². The van der Waals surface area contributed by atoms with Gasteiger partial charge in [-0.1, -0.05) is 64.4 Å². The van der Waals surface area contributed by atoms with Crippen molar-refractivity contribution in [3.8, 4) is 0 Å². The van der Waals surface area contributed by atoms with Gasteiger partial charge in [-0.15, -0.1) is 0 Å². The van der Waals surface area contributed by atoms with E-state index in [0.717, 1.165) is 24.8 Å². The number of ether oxygens (including phenoxy) is 1. The van der Waals surface area contributed by atoms with Crippen molar-refractivity contribution in [3.63, 3.8) is 0 Å². The van der Waals surface area contributed by atoms with Crippen LogP contribution in [-0.2, 0) is 20.7 Å². The number of fused-ring (bicyclic) bond motifs is 2. The van der Waals surface area contributed by atoms with Gasteiger partial charge in [0, 0.05) is 29.4 Å².